The molecule has 27 heavy (non-hydrogen) atoms. The second kappa shape index (κ2) is 10.0. The molecule has 2 aromatic carbocycles. The Balaban J connectivity index is 1.77. The lowest BCUT2D eigenvalue weighted by Gasteiger charge is -2.10. The Morgan fingerprint density at radius 2 is 1.59 bits per heavy atom. The molecule has 0 aliphatic carbocycles. The SMILES string of the molecule is COc1ccc(CC(=O)NCCNC(=O)c2ccc(Cl)c(Cl)c2)cc1OC. The molecule has 0 spiro atoms. The topological polar surface area (TPSA) is 76.7 Å². The molecular weight excluding hydrogens is 391 g/mol. The van der Waals surface area contributed by atoms with Crippen LogP contribution in [0.25, 0.3) is 0 Å². The number of rotatable bonds is 8. The van der Waals surface area contributed by atoms with Crippen molar-refractivity contribution in [1.82, 2.24) is 10.6 Å². The van der Waals surface area contributed by atoms with Gasteiger partial charge in [0.05, 0.1) is 30.7 Å². The van der Waals surface area contributed by atoms with Gasteiger partial charge in [0.2, 0.25) is 5.91 Å². The van der Waals surface area contributed by atoms with Gasteiger partial charge in [0.25, 0.3) is 5.91 Å². The van der Waals surface area contributed by atoms with E-state index < -0.39 is 0 Å². The van der Waals surface area contributed by atoms with Crippen molar-refractivity contribution in [3.05, 3.63) is 57.6 Å². The molecule has 0 fully saturated rings. The fourth-order valence-electron chi connectivity index (χ4n) is 2.36. The Morgan fingerprint density at radius 3 is 2.26 bits per heavy atom. The van der Waals surface area contributed by atoms with Gasteiger partial charge in [-0.25, -0.2) is 0 Å². The Kier molecular flexibility index (Phi) is 7.76. The number of amides is 2. The van der Waals surface area contributed by atoms with Gasteiger partial charge in [0, 0.05) is 18.7 Å². The largest absolute Gasteiger partial charge is 0.493 e. The van der Waals surface area contributed by atoms with Crippen LogP contribution in [0.1, 0.15) is 15.9 Å². The number of halogens is 2. The summed E-state index contributed by atoms with van der Waals surface area (Å²) < 4.78 is 10.4. The lowest BCUT2D eigenvalue weighted by atomic mass is 10.1. The minimum Gasteiger partial charge on any atom is -0.493 e. The Bertz CT molecular complexity index is 827. The van der Waals surface area contributed by atoms with E-state index in [1.165, 1.54) is 13.2 Å². The average Bonchev–Trinajstić information content (AvgIpc) is 2.67. The molecule has 2 rings (SSSR count). The first kappa shape index (κ1) is 20.9. The molecule has 0 heterocycles. The van der Waals surface area contributed by atoms with Gasteiger partial charge in [-0.15, -0.1) is 0 Å². The second-order valence-electron chi connectivity index (χ2n) is 5.60. The van der Waals surface area contributed by atoms with Gasteiger partial charge in [0.15, 0.2) is 11.5 Å². The number of ether oxygens (including phenoxy) is 2. The second-order valence-corrected chi connectivity index (χ2v) is 6.42. The monoisotopic (exact) mass is 410 g/mol. The maximum absolute atomic E-state index is 12.0. The fourth-order valence-corrected chi connectivity index (χ4v) is 2.65. The van der Waals surface area contributed by atoms with E-state index in [4.69, 9.17) is 32.7 Å². The van der Waals surface area contributed by atoms with Crippen LogP contribution in [-0.4, -0.2) is 39.1 Å². The van der Waals surface area contributed by atoms with Gasteiger partial charge in [-0.1, -0.05) is 29.3 Å². The molecule has 144 valence electrons. The van der Waals surface area contributed by atoms with E-state index in [1.54, 1.807) is 37.4 Å². The smallest absolute Gasteiger partial charge is 0.251 e. The summed E-state index contributed by atoms with van der Waals surface area (Å²) in [7, 11) is 3.09. The molecule has 0 aliphatic heterocycles. The molecule has 0 bridgehead atoms. The maximum Gasteiger partial charge on any atom is 0.251 e. The van der Waals surface area contributed by atoms with Crippen LogP contribution >= 0.6 is 23.2 Å². The normalized spacial score (nSPS) is 10.2. The minimum atomic E-state index is -0.289. The summed E-state index contributed by atoms with van der Waals surface area (Å²) >= 11 is 11.7. The zero-order chi connectivity index (χ0) is 19.8. The van der Waals surface area contributed by atoms with Crippen LogP contribution in [0, 0.1) is 0 Å². The van der Waals surface area contributed by atoms with Crippen molar-refractivity contribution in [1.29, 1.82) is 0 Å². The molecule has 0 radical (unpaired) electrons. The third-order valence-electron chi connectivity index (χ3n) is 3.73. The first-order valence-corrected chi connectivity index (χ1v) is 8.91. The van der Waals surface area contributed by atoms with E-state index >= 15 is 0 Å². The third kappa shape index (κ3) is 6.05. The molecule has 0 aromatic heterocycles. The fraction of sp³-hybridized carbons (Fsp3) is 0.263. The van der Waals surface area contributed by atoms with Crippen LogP contribution in [0.5, 0.6) is 11.5 Å². The van der Waals surface area contributed by atoms with Crippen LogP contribution in [0.2, 0.25) is 10.0 Å². The van der Waals surface area contributed by atoms with Crippen molar-refractivity contribution in [2.24, 2.45) is 0 Å². The minimum absolute atomic E-state index is 0.161. The number of nitrogens with one attached hydrogen (secondary N) is 2. The van der Waals surface area contributed by atoms with Crippen LogP contribution < -0.4 is 20.1 Å². The van der Waals surface area contributed by atoms with Gasteiger partial charge in [-0.3, -0.25) is 9.59 Å². The molecule has 2 aromatic rings. The van der Waals surface area contributed by atoms with Crippen LogP contribution in [0.3, 0.4) is 0 Å². The molecule has 2 amide bonds. The quantitative estimate of drug-likeness (QED) is 0.655. The molecular formula is C19H20Cl2N2O4. The highest BCUT2D eigenvalue weighted by Gasteiger charge is 2.10. The molecule has 0 atom stereocenters. The first-order chi connectivity index (χ1) is 12.9. The van der Waals surface area contributed by atoms with Gasteiger partial charge in [0.1, 0.15) is 0 Å². The summed E-state index contributed by atoms with van der Waals surface area (Å²) in [6, 6.07) is 9.94. The molecule has 2 N–H and O–H groups in total. The van der Waals surface area contributed by atoms with Crippen molar-refractivity contribution < 1.29 is 19.1 Å². The highest BCUT2D eigenvalue weighted by Crippen LogP contribution is 2.27. The third-order valence-corrected chi connectivity index (χ3v) is 4.47. The molecule has 6 nitrogen and oxygen atoms in total. The van der Waals surface area contributed by atoms with Gasteiger partial charge in [-0.05, 0) is 35.9 Å². The van der Waals surface area contributed by atoms with Crippen LogP contribution in [0.4, 0.5) is 0 Å². The van der Waals surface area contributed by atoms with E-state index in [1.807, 2.05) is 0 Å². The summed E-state index contributed by atoms with van der Waals surface area (Å²) in [4.78, 5) is 24.1. The van der Waals surface area contributed by atoms with Gasteiger partial charge < -0.3 is 20.1 Å². The molecule has 0 unspecified atom stereocenters. The highest BCUT2D eigenvalue weighted by atomic mass is 35.5. The number of hydrogen-bond donors (Lipinski definition) is 2. The molecule has 0 aliphatic rings. The Hall–Kier alpha value is -2.44. The lowest BCUT2D eigenvalue weighted by Crippen LogP contribution is -2.35. The number of benzene rings is 2. The summed E-state index contributed by atoms with van der Waals surface area (Å²) in [6.07, 6.45) is 0.196. The Morgan fingerprint density at radius 1 is 0.889 bits per heavy atom. The van der Waals surface area contributed by atoms with E-state index in [-0.39, 0.29) is 24.8 Å². The predicted octanol–water partition coefficient (Wildman–Crippen LogP) is 3.10. The summed E-state index contributed by atoms with van der Waals surface area (Å²) in [5.74, 6) is 0.720. The first-order valence-electron chi connectivity index (χ1n) is 8.15. The van der Waals surface area contributed by atoms with Gasteiger partial charge in [-0.2, -0.15) is 0 Å². The Labute approximate surface area is 167 Å². The highest BCUT2D eigenvalue weighted by molar-refractivity contribution is 6.42. The number of carbonyl (C=O) groups excluding carboxylic acids is 2. The predicted molar refractivity (Wildman–Crippen MR) is 105 cm³/mol. The van der Waals surface area contributed by atoms with Crippen molar-refractivity contribution in [3.63, 3.8) is 0 Å². The molecule has 8 heteroatoms. The van der Waals surface area contributed by atoms with Gasteiger partial charge >= 0.3 is 0 Å². The zero-order valence-corrected chi connectivity index (χ0v) is 16.5. The van der Waals surface area contributed by atoms with Crippen molar-refractivity contribution in [2.75, 3.05) is 27.3 Å². The molecule has 0 saturated carbocycles. The van der Waals surface area contributed by atoms with Crippen molar-refractivity contribution in [3.8, 4) is 11.5 Å². The lowest BCUT2D eigenvalue weighted by molar-refractivity contribution is -0.120. The van der Waals surface area contributed by atoms with E-state index in [0.717, 1.165) is 5.56 Å². The summed E-state index contributed by atoms with van der Waals surface area (Å²) in [5, 5.41) is 6.16. The standard InChI is InChI=1S/C19H20Cl2N2O4/c1-26-16-6-3-12(9-17(16)27-2)10-18(24)22-7-8-23-19(25)13-4-5-14(20)15(21)11-13/h3-6,9,11H,7-8,10H2,1-2H3,(H,22,24)(H,23,25). The number of methoxy groups -OCH3 is 2. The van der Waals surface area contributed by atoms with Crippen LogP contribution in [-0.2, 0) is 11.2 Å². The van der Waals surface area contributed by atoms with Crippen molar-refractivity contribution >= 4 is 35.0 Å². The van der Waals surface area contributed by atoms with Crippen LogP contribution in [0.15, 0.2) is 36.4 Å². The van der Waals surface area contributed by atoms with E-state index in [0.29, 0.717) is 33.7 Å². The van der Waals surface area contributed by atoms with E-state index in [9.17, 15) is 9.59 Å². The number of carbonyl (C=O) groups is 2. The van der Waals surface area contributed by atoms with Crippen molar-refractivity contribution in [2.45, 2.75) is 6.42 Å². The summed E-state index contributed by atoms with van der Waals surface area (Å²) in [5.41, 5.74) is 1.20. The number of hydrogen-bond acceptors (Lipinski definition) is 4. The zero-order valence-electron chi connectivity index (χ0n) is 15.0. The average molecular weight is 411 g/mol. The summed E-state index contributed by atoms with van der Waals surface area (Å²) in [6.45, 7) is 0.593. The van der Waals surface area contributed by atoms with E-state index in [2.05, 4.69) is 10.6 Å². The maximum atomic E-state index is 12.0. The molecule has 0 saturated heterocycles.